The van der Waals surface area contributed by atoms with E-state index < -0.39 is 11.7 Å². The lowest BCUT2D eigenvalue weighted by Crippen LogP contribution is -2.16. The maximum atomic E-state index is 13.0. The maximum Gasteiger partial charge on any atom is 0.418 e. The molecule has 6 heteroatoms. The number of alkyl halides is 3. The van der Waals surface area contributed by atoms with E-state index in [-0.39, 0.29) is 21.8 Å². The minimum atomic E-state index is -4.52. The summed E-state index contributed by atoms with van der Waals surface area (Å²) in [4.78, 5) is 3.95. The van der Waals surface area contributed by atoms with Crippen LogP contribution in [-0.4, -0.2) is 4.98 Å². The molecule has 20 heavy (non-hydrogen) atoms. The Hall–Kier alpha value is -1.49. The third kappa shape index (κ3) is 2.68. The molecule has 2 nitrogen and oxygen atoms in total. The van der Waals surface area contributed by atoms with E-state index in [4.69, 9.17) is 17.3 Å². The molecule has 0 aliphatic rings. The first kappa shape index (κ1) is 14.9. The zero-order valence-electron chi connectivity index (χ0n) is 11.3. The molecular weight excluding hydrogens is 289 g/mol. The molecule has 1 aromatic carbocycles. The number of pyridine rings is 1. The third-order valence-corrected chi connectivity index (χ3v) is 3.24. The molecule has 2 rings (SSSR count). The number of hydrogen-bond acceptors (Lipinski definition) is 2. The van der Waals surface area contributed by atoms with Gasteiger partial charge in [0, 0.05) is 16.0 Å². The molecule has 0 spiro atoms. The second-order valence-electron chi connectivity index (χ2n) is 5.69. The van der Waals surface area contributed by atoms with Crippen LogP contribution < -0.4 is 5.73 Å². The normalized spacial score (nSPS) is 12.9. The van der Waals surface area contributed by atoms with Gasteiger partial charge < -0.3 is 5.73 Å². The van der Waals surface area contributed by atoms with Crippen LogP contribution in [0.15, 0.2) is 18.2 Å². The summed E-state index contributed by atoms with van der Waals surface area (Å²) in [5.74, 6) is 0.109. The zero-order chi connectivity index (χ0) is 15.3. The van der Waals surface area contributed by atoms with Crippen LogP contribution in [-0.2, 0) is 11.6 Å². The van der Waals surface area contributed by atoms with Crippen LogP contribution >= 0.6 is 11.6 Å². The highest BCUT2D eigenvalue weighted by Crippen LogP contribution is 2.38. The highest BCUT2D eigenvalue weighted by molar-refractivity contribution is 6.31. The number of anilines is 1. The minimum Gasteiger partial charge on any atom is -0.383 e. The fourth-order valence-corrected chi connectivity index (χ4v) is 2.31. The molecule has 0 bridgehead atoms. The monoisotopic (exact) mass is 302 g/mol. The Balaban J connectivity index is 2.85. The van der Waals surface area contributed by atoms with Crippen LogP contribution in [0.4, 0.5) is 19.0 Å². The first-order valence-corrected chi connectivity index (χ1v) is 6.35. The van der Waals surface area contributed by atoms with Gasteiger partial charge in [-0.2, -0.15) is 13.2 Å². The highest BCUT2D eigenvalue weighted by atomic mass is 35.5. The molecule has 0 aliphatic heterocycles. The Kier molecular flexibility index (Phi) is 3.37. The van der Waals surface area contributed by atoms with Gasteiger partial charge in [0.1, 0.15) is 5.82 Å². The summed E-state index contributed by atoms with van der Waals surface area (Å²) >= 11 is 5.78. The van der Waals surface area contributed by atoms with E-state index in [1.807, 2.05) is 20.8 Å². The van der Waals surface area contributed by atoms with E-state index in [1.165, 1.54) is 6.07 Å². The van der Waals surface area contributed by atoms with Gasteiger partial charge in [-0.3, -0.25) is 0 Å². The second kappa shape index (κ2) is 4.52. The van der Waals surface area contributed by atoms with Crippen molar-refractivity contribution in [3.8, 4) is 0 Å². The van der Waals surface area contributed by atoms with Gasteiger partial charge in [0.25, 0.3) is 0 Å². The van der Waals surface area contributed by atoms with Gasteiger partial charge in [-0.25, -0.2) is 4.98 Å². The highest BCUT2D eigenvalue weighted by Gasteiger charge is 2.34. The van der Waals surface area contributed by atoms with Crippen molar-refractivity contribution in [3.63, 3.8) is 0 Å². The molecule has 0 atom stereocenters. The molecule has 2 N–H and O–H groups in total. The predicted octanol–water partition coefficient (Wildman–Crippen LogP) is 4.79. The molecule has 0 radical (unpaired) electrons. The Morgan fingerprint density at radius 2 is 1.65 bits per heavy atom. The number of rotatable bonds is 0. The third-order valence-electron chi connectivity index (χ3n) is 3.03. The second-order valence-corrected chi connectivity index (χ2v) is 6.13. The SMILES string of the molecule is CC(C)(C)c1cc2cc(Cl)cc(C(F)(F)F)c2nc1N. The number of aromatic nitrogens is 1. The number of hydrogen-bond donors (Lipinski definition) is 1. The van der Waals surface area contributed by atoms with Gasteiger partial charge in [-0.1, -0.05) is 32.4 Å². The van der Waals surface area contributed by atoms with E-state index >= 15 is 0 Å². The van der Waals surface area contributed by atoms with Crippen LogP contribution in [0.1, 0.15) is 31.9 Å². The Labute approximate surface area is 119 Å². The number of nitrogens with two attached hydrogens (primary N) is 1. The van der Waals surface area contributed by atoms with Crippen molar-refractivity contribution >= 4 is 28.3 Å². The summed E-state index contributed by atoms with van der Waals surface area (Å²) in [6.07, 6.45) is -4.52. The smallest absolute Gasteiger partial charge is 0.383 e. The molecule has 1 aromatic heterocycles. The average molecular weight is 303 g/mol. The first-order valence-electron chi connectivity index (χ1n) is 5.97. The van der Waals surface area contributed by atoms with E-state index in [9.17, 15) is 13.2 Å². The summed E-state index contributed by atoms with van der Waals surface area (Å²) in [6.45, 7) is 5.75. The van der Waals surface area contributed by atoms with E-state index in [0.29, 0.717) is 10.9 Å². The maximum absolute atomic E-state index is 13.0. The van der Waals surface area contributed by atoms with Gasteiger partial charge in [0.2, 0.25) is 0 Å². The fourth-order valence-electron chi connectivity index (χ4n) is 2.08. The van der Waals surface area contributed by atoms with Crippen LogP contribution in [0.25, 0.3) is 10.9 Å². The van der Waals surface area contributed by atoms with E-state index in [1.54, 1.807) is 6.07 Å². The summed E-state index contributed by atoms with van der Waals surface area (Å²) in [5.41, 5.74) is 5.15. The summed E-state index contributed by atoms with van der Waals surface area (Å²) in [7, 11) is 0. The molecule has 0 unspecified atom stereocenters. The molecular formula is C14H14ClF3N2. The quantitative estimate of drug-likeness (QED) is 0.760. The van der Waals surface area contributed by atoms with Crippen LogP contribution in [0, 0.1) is 0 Å². The number of fused-ring (bicyclic) bond motifs is 1. The van der Waals surface area contributed by atoms with Gasteiger partial charge in [-0.05, 0) is 23.6 Å². The van der Waals surface area contributed by atoms with Crippen molar-refractivity contribution in [1.82, 2.24) is 4.98 Å². The van der Waals surface area contributed by atoms with Gasteiger partial charge >= 0.3 is 6.18 Å². The lowest BCUT2D eigenvalue weighted by molar-refractivity contribution is -0.136. The Morgan fingerprint density at radius 3 is 2.15 bits per heavy atom. The first-order chi connectivity index (χ1) is 9.00. The lowest BCUT2D eigenvalue weighted by atomic mass is 9.86. The fraction of sp³-hybridized carbons (Fsp3) is 0.357. The lowest BCUT2D eigenvalue weighted by Gasteiger charge is -2.22. The van der Waals surface area contributed by atoms with E-state index in [2.05, 4.69) is 4.98 Å². The van der Waals surface area contributed by atoms with Crippen molar-refractivity contribution in [1.29, 1.82) is 0 Å². The predicted molar refractivity (Wildman–Crippen MR) is 74.9 cm³/mol. The summed E-state index contributed by atoms with van der Waals surface area (Å²) in [6, 6.07) is 3.96. The molecule has 0 aliphatic carbocycles. The van der Waals surface area contributed by atoms with Crippen LogP contribution in [0.2, 0.25) is 5.02 Å². The number of nitrogen functional groups attached to an aromatic ring is 1. The summed E-state index contributed by atoms with van der Waals surface area (Å²) < 4.78 is 39.1. The standard InChI is InChI=1S/C14H14ClF3N2/c1-13(2,3)10-5-7-4-8(15)6-9(14(16,17)18)11(7)20-12(10)19/h4-6H,1-3H3,(H2,19,20). The Morgan fingerprint density at radius 1 is 1.05 bits per heavy atom. The molecule has 108 valence electrons. The van der Waals surface area contributed by atoms with Crippen LogP contribution in [0.5, 0.6) is 0 Å². The number of benzene rings is 1. The van der Waals surface area contributed by atoms with Gasteiger partial charge in [-0.15, -0.1) is 0 Å². The zero-order valence-corrected chi connectivity index (χ0v) is 12.0. The van der Waals surface area contributed by atoms with Crippen molar-refractivity contribution in [2.75, 3.05) is 5.73 Å². The minimum absolute atomic E-state index is 0.0243. The molecule has 0 fully saturated rings. The van der Waals surface area contributed by atoms with Crippen LogP contribution in [0.3, 0.4) is 0 Å². The van der Waals surface area contributed by atoms with Gasteiger partial charge in [0.05, 0.1) is 11.1 Å². The Bertz CT molecular complexity index is 673. The summed E-state index contributed by atoms with van der Waals surface area (Å²) in [5, 5.41) is 0.361. The topological polar surface area (TPSA) is 38.9 Å². The van der Waals surface area contributed by atoms with E-state index in [0.717, 1.165) is 6.07 Å². The molecule has 0 saturated heterocycles. The largest absolute Gasteiger partial charge is 0.418 e. The van der Waals surface area contributed by atoms with Crippen molar-refractivity contribution in [2.24, 2.45) is 0 Å². The van der Waals surface area contributed by atoms with Crippen molar-refractivity contribution < 1.29 is 13.2 Å². The molecule has 2 aromatic rings. The van der Waals surface area contributed by atoms with Crippen molar-refractivity contribution in [2.45, 2.75) is 32.4 Å². The number of nitrogens with zero attached hydrogens (tertiary/aromatic N) is 1. The van der Waals surface area contributed by atoms with Crippen molar-refractivity contribution in [3.05, 3.63) is 34.3 Å². The molecule has 1 heterocycles. The average Bonchev–Trinajstić information content (AvgIpc) is 2.25. The number of halogens is 4. The molecule has 0 amide bonds. The molecule has 0 saturated carbocycles. The van der Waals surface area contributed by atoms with Gasteiger partial charge in [0.15, 0.2) is 0 Å².